The Balaban J connectivity index is 1.63. The fraction of sp³-hybridized carbons (Fsp3) is 0.100. The smallest absolute Gasteiger partial charge is 0.179 e. The van der Waals surface area contributed by atoms with Gasteiger partial charge < -0.3 is 11.1 Å². The van der Waals surface area contributed by atoms with Gasteiger partial charge in [-0.1, -0.05) is 17.3 Å². The van der Waals surface area contributed by atoms with Crippen molar-refractivity contribution in [1.82, 2.24) is 34.9 Å². The topological polar surface area (TPSA) is 168 Å². The number of hydrogen-bond donors (Lipinski definition) is 3. The average Bonchev–Trinajstić information content (AvgIpc) is 3.29. The summed E-state index contributed by atoms with van der Waals surface area (Å²) in [6, 6.07) is 9.13. The molecule has 1 aromatic carbocycles. The Morgan fingerprint density at radius 2 is 2.06 bits per heavy atom. The molecule has 0 radical (unpaired) electrons. The largest absolute Gasteiger partial charge is 0.383 e. The van der Waals surface area contributed by atoms with Crippen molar-refractivity contribution in [3.8, 4) is 11.8 Å². The summed E-state index contributed by atoms with van der Waals surface area (Å²) >= 11 is 0. The Kier molecular flexibility index (Phi) is 5.45. The minimum absolute atomic E-state index is 0.00625. The molecule has 0 saturated heterocycles. The first kappa shape index (κ1) is 20.5. The summed E-state index contributed by atoms with van der Waals surface area (Å²) in [5, 5.41) is 28.8. The molecule has 1 unspecified atom stereocenters. The fourth-order valence-electron chi connectivity index (χ4n) is 2.92. The van der Waals surface area contributed by atoms with Crippen molar-refractivity contribution in [2.45, 2.75) is 13.0 Å². The van der Waals surface area contributed by atoms with Crippen molar-refractivity contribution in [2.24, 2.45) is 0 Å². The highest BCUT2D eigenvalue weighted by Gasteiger charge is 2.21. The summed E-state index contributed by atoms with van der Waals surface area (Å²) in [5.74, 6) is -0.128. The monoisotopic (exact) mass is 429 g/mol. The van der Waals surface area contributed by atoms with Gasteiger partial charge in [-0.15, -0.1) is 5.10 Å². The van der Waals surface area contributed by atoms with Crippen molar-refractivity contribution >= 4 is 17.3 Å². The van der Waals surface area contributed by atoms with E-state index < -0.39 is 11.9 Å². The van der Waals surface area contributed by atoms with Crippen LogP contribution < -0.4 is 11.1 Å². The average molecular weight is 429 g/mol. The lowest BCUT2D eigenvalue weighted by Gasteiger charge is -2.16. The second-order valence-electron chi connectivity index (χ2n) is 6.64. The third-order valence-corrected chi connectivity index (χ3v) is 4.53. The van der Waals surface area contributed by atoms with E-state index in [1.165, 1.54) is 29.3 Å². The molecule has 11 nitrogen and oxygen atoms in total. The van der Waals surface area contributed by atoms with Crippen LogP contribution in [-0.4, -0.2) is 40.6 Å². The second kappa shape index (κ2) is 8.52. The summed E-state index contributed by atoms with van der Waals surface area (Å²) in [7, 11) is 0. The fourth-order valence-corrected chi connectivity index (χ4v) is 2.92. The number of para-hydroxylation sites is 1. The quantitative estimate of drug-likeness (QED) is 0.388. The molecule has 4 rings (SSSR count). The first-order valence-electron chi connectivity index (χ1n) is 9.34. The van der Waals surface area contributed by atoms with E-state index in [1.807, 2.05) is 6.07 Å². The van der Waals surface area contributed by atoms with Gasteiger partial charge in [0, 0.05) is 6.20 Å². The number of benzene rings is 1. The van der Waals surface area contributed by atoms with Crippen LogP contribution in [0.4, 0.5) is 16.0 Å². The third-order valence-electron chi connectivity index (χ3n) is 4.53. The van der Waals surface area contributed by atoms with Gasteiger partial charge in [-0.05, 0) is 25.1 Å². The first-order valence-corrected chi connectivity index (χ1v) is 9.34. The number of anilines is 2. The van der Waals surface area contributed by atoms with E-state index in [0.717, 1.165) is 0 Å². The number of nitriles is 1. The second-order valence-corrected chi connectivity index (χ2v) is 6.64. The Morgan fingerprint density at radius 3 is 2.84 bits per heavy atom. The zero-order valence-electron chi connectivity index (χ0n) is 16.7. The van der Waals surface area contributed by atoms with Crippen LogP contribution in [0.5, 0.6) is 0 Å². The van der Waals surface area contributed by atoms with Crippen molar-refractivity contribution in [3.05, 3.63) is 77.6 Å². The highest BCUT2D eigenvalue weighted by molar-refractivity contribution is 6.14. The number of nitrogens with two attached hydrogens (primary N) is 1. The van der Waals surface area contributed by atoms with E-state index in [4.69, 9.17) is 16.4 Å². The zero-order valence-corrected chi connectivity index (χ0v) is 16.7. The van der Waals surface area contributed by atoms with E-state index in [9.17, 15) is 4.39 Å². The minimum Gasteiger partial charge on any atom is -0.383 e. The van der Waals surface area contributed by atoms with Crippen LogP contribution in [0.15, 0.2) is 49.1 Å². The molecule has 3 aromatic heterocycles. The highest BCUT2D eigenvalue weighted by atomic mass is 19.1. The number of aromatic nitrogens is 7. The van der Waals surface area contributed by atoms with Gasteiger partial charge >= 0.3 is 0 Å². The molecular weight excluding hydrogens is 413 g/mol. The molecule has 0 aliphatic rings. The molecule has 0 bridgehead atoms. The van der Waals surface area contributed by atoms with Gasteiger partial charge in [-0.3, -0.25) is 5.41 Å². The number of hydrogen-bond acceptors (Lipinski definition) is 10. The van der Waals surface area contributed by atoms with E-state index >= 15 is 0 Å². The maximum Gasteiger partial charge on any atom is 0.179 e. The molecule has 0 saturated carbocycles. The zero-order chi connectivity index (χ0) is 22.7. The Morgan fingerprint density at radius 1 is 1.25 bits per heavy atom. The number of nitrogens with one attached hydrogen (secondary N) is 2. The van der Waals surface area contributed by atoms with E-state index in [1.54, 1.807) is 31.3 Å². The van der Waals surface area contributed by atoms with Crippen molar-refractivity contribution in [3.63, 3.8) is 0 Å². The SMILES string of the molecule is CC(Nc1ncnc(N)c1C(=N)c1nccc(C#N)n1)c1cn(-c2ccccc2F)nn1. The molecule has 0 aliphatic heterocycles. The maximum atomic E-state index is 14.0. The predicted molar refractivity (Wildman–Crippen MR) is 112 cm³/mol. The van der Waals surface area contributed by atoms with Gasteiger partial charge in [0.1, 0.15) is 52.6 Å². The molecule has 32 heavy (non-hydrogen) atoms. The predicted octanol–water partition coefficient (Wildman–Crippen LogP) is 2.03. The van der Waals surface area contributed by atoms with Crippen LogP contribution in [0.25, 0.3) is 5.69 Å². The van der Waals surface area contributed by atoms with Gasteiger partial charge in [0.25, 0.3) is 0 Å². The Hall–Kier alpha value is -4.79. The van der Waals surface area contributed by atoms with Crippen LogP contribution in [0.2, 0.25) is 0 Å². The van der Waals surface area contributed by atoms with Gasteiger partial charge in [-0.2, -0.15) is 5.26 Å². The minimum atomic E-state index is -0.428. The number of nitrogens with zero attached hydrogens (tertiary/aromatic N) is 8. The lowest BCUT2D eigenvalue weighted by atomic mass is 10.1. The van der Waals surface area contributed by atoms with Gasteiger partial charge in [0.15, 0.2) is 5.82 Å². The first-order chi connectivity index (χ1) is 15.5. The number of halogens is 1. The van der Waals surface area contributed by atoms with Crippen molar-refractivity contribution < 1.29 is 4.39 Å². The molecule has 0 aliphatic carbocycles. The summed E-state index contributed by atoms with van der Waals surface area (Å²) in [4.78, 5) is 16.2. The lowest BCUT2D eigenvalue weighted by molar-refractivity contribution is 0.607. The molecule has 4 N–H and O–H groups in total. The summed E-state index contributed by atoms with van der Waals surface area (Å²) in [6.07, 6.45) is 4.22. The number of nitrogen functional groups attached to an aromatic ring is 1. The molecule has 0 amide bonds. The van der Waals surface area contributed by atoms with Crippen LogP contribution in [0.3, 0.4) is 0 Å². The van der Waals surface area contributed by atoms with E-state index in [2.05, 4.69) is 35.6 Å². The molecule has 4 aromatic rings. The summed E-state index contributed by atoms with van der Waals surface area (Å²) in [6.45, 7) is 1.80. The molecule has 158 valence electrons. The van der Waals surface area contributed by atoms with E-state index in [-0.39, 0.29) is 40.1 Å². The summed E-state index contributed by atoms with van der Waals surface area (Å²) in [5.41, 5.74) is 6.93. The van der Waals surface area contributed by atoms with Gasteiger partial charge in [0.05, 0.1) is 17.8 Å². The van der Waals surface area contributed by atoms with Crippen LogP contribution >= 0.6 is 0 Å². The highest BCUT2D eigenvalue weighted by Crippen LogP contribution is 2.24. The standard InChI is InChI=1S/C20H16FN11/c1-11(14-9-32(31-30-14)15-5-3-2-4-13(15)21)28-19-16(18(24)26-10-27-19)17(23)20-25-7-6-12(8-22)29-20/h2-7,9-11,23H,1H3,(H3,24,26,27,28). The van der Waals surface area contributed by atoms with Crippen LogP contribution in [-0.2, 0) is 0 Å². The van der Waals surface area contributed by atoms with Gasteiger partial charge in [-0.25, -0.2) is 29.0 Å². The molecular formula is C20H16FN11. The lowest BCUT2D eigenvalue weighted by Crippen LogP contribution is -2.17. The number of rotatable bonds is 6. The Labute approximate surface area is 181 Å². The van der Waals surface area contributed by atoms with Crippen molar-refractivity contribution in [1.29, 1.82) is 10.7 Å². The third kappa shape index (κ3) is 3.94. The van der Waals surface area contributed by atoms with Crippen molar-refractivity contribution in [2.75, 3.05) is 11.1 Å². The van der Waals surface area contributed by atoms with Gasteiger partial charge in [0.2, 0.25) is 0 Å². The maximum absolute atomic E-state index is 14.0. The molecule has 3 heterocycles. The van der Waals surface area contributed by atoms with E-state index in [0.29, 0.717) is 5.69 Å². The van der Waals surface area contributed by atoms with Crippen LogP contribution in [0.1, 0.15) is 35.7 Å². The Bertz CT molecular complexity index is 1340. The normalized spacial score (nSPS) is 11.5. The molecule has 0 spiro atoms. The summed E-state index contributed by atoms with van der Waals surface area (Å²) < 4.78 is 15.4. The molecule has 1 atom stereocenters. The molecule has 0 fully saturated rings. The molecule has 12 heteroatoms. The van der Waals surface area contributed by atoms with Crippen LogP contribution in [0, 0.1) is 22.6 Å².